The van der Waals surface area contributed by atoms with E-state index >= 15 is 0 Å². The first-order valence-corrected chi connectivity index (χ1v) is 3.74. The van der Waals surface area contributed by atoms with Crippen molar-refractivity contribution in [1.29, 1.82) is 0 Å². The van der Waals surface area contributed by atoms with E-state index in [1.165, 1.54) is 19.1 Å². The Hall–Kier alpha value is -1.58. The van der Waals surface area contributed by atoms with Crippen LogP contribution in [0.3, 0.4) is 0 Å². The molecule has 0 fully saturated rings. The molecule has 68 valence electrons. The van der Waals surface area contributed by atoms with Crippen LogP contribution in [0.4, 0.5) is 10.1 Å². The van der Waals surface area contributed by atoms with E-state index in [2.05, 4.69) is 5.18 Å². The van der Waals surface area contributed by atoms with Gasteiger partial charge in [-0.15, -0.1) is 4.91 Å². The molecule has 1 aromatic carbocycles. The smallest absolute Gasteiger partial charge is 0.134 e. The van der Waals surface area contributed by atoms with Crippen LogP contribution in [0.25, 0.3) is 0 Å². The quantitative estimate of drug-likeness (QED) is 0.672. The van der Waals surface area contributed by atoms with Gasteiger partial charge in [-0.25, -0.2) is 4.39 Å². The Balaban J connectivity index is 3.05. The van der Waals surface area contributed by atoms with E-state index in [4.69, 9.17) is 0 Å². The number of rotatable bonds is 3. The monoisotopic (exact) mass is 181 g/mol. The Morgan fingerprint density at radius 3 is 2.77 bits per heavy atom. The third-order valence-electron chi connectivity index (χ3n) is 1.59. The van der Waals surface area contributed by atoms with E-state index in [0.29, 0.717) is 5.56 Å². The molecule has 0 N–H and O–H groups in total. The maximum absolute atomic E-state index is 12.6. The molecule has 0 heterocycles. The van der Waals surface area contributed by atoms with E-state index in [0.717, 1.165) is 6.07 Å². The summed E-state index contributed by atoms with van der Waals surface area (Å²) in [5.74, 6) is -0.613. The van der Waals surface area contributed by atoms with Gasteiger partial charge in [0, 0.05) is 12.5 Å². The molecule has 0 atom stereocenters. The van der Waals surface area contributed by atoms with Crippen molar-refractivity contribution in [2.45, 2.75) is 13.3 Å². The fourth-order valence-corrected chi connectivity index (χ4v) is 1.04. The van der Waals surface area contributed by atoms with Crippen molar-refractivity contribution in [3.05, 3.63) is 34.5 Å². The number of hydrogen-bond acceptors (Lipinski definition) is 3. The van der Waals surface area contributed by atoms with Gasteiger partial charge >= 0.3 is 0 Å². The van der Waals surface area contributed by atoms with Crippen LogP contribution >= 0.6 is 0 Å². The average molecular weight is 181 g/mol. The minimum atomic E-state index is -0.526. The van der Waals surface area contributed by atoms with E-state index < -0.39 is 5.82 Å². The molecule has 0 saturated heterocycles. The van der Waals surface area contributed by atoms with Crippen LogP contribution in [0.2, 0.25) is 0 Å². The van der Waals surface area contributed by atoms with Crippen LogP contribution in [0.1, 0.15) is 12.5 Å². The largest absolute Gasteiger partial charge is 0.300 e. The van der Waals surface area contributed by atoms with E-state index in [1.54, 1.807) is 0 Å². The minimum absolute atomic E-state index is 0.00444. The van der Waals surface area contributed by atoms with Gasteiger partial charge < -0.3 is 0 Å². The summed E-state index contributed by atoms with van der Waals surface area (Å²) in [6.45, 7) is 1.40. The molecule has 0 bridgehead atoms. The van der Waals surface area contributed by atoms with Gasteiger partial charge in [0.15, 0.2) is 0 Å². The highest BCUT2D eigenvalue weighted by molar-refractivity contribution is 5.79. The molecule has 0 unspecified atom stereocenters. The van der Waals surface area contributed by atoms with Crippen molar-refractivity contribution >= 4 is 11.5 Å². The van der Waals surface area contributed by atoms with Crippen LogP contribution in [0, 0.1) is 10.7 Å². The Morgan fingerprint density at radius 1 is 1.54 bits per heavy atom. The Labute approximate surface area is 74.5 Å². The molecule has 0 radical (unpaired) electrons. The molecule has 0 amide bonds. The number of carbonyl (C=O) groups is 1. The van der Waals surface area contributed by atoms with Crippen molar-refractivity contribution in [1.82, 2.24) is 0 Å². The van der Waals surface area contributed by atoms with E-state index in [-0.39, 0.29) is 17.9 Å². The summed E-state index contributed by atoms with van der Waals surface area (Å²) in [4.78, 5) is 21.0. The van der Waals surface area contributed by atoms with Crippen molar-refractivity contribution in [2.75, 3.05) is 0 Å². The van der Waals surface area contributed by atoms with Gasteiger partial charge in [0.25, 0.3) is 0 Å². The summed E-state index contributed by atoms with van der Waals surface area (Å²) in [6, 6.07) is 3.62. The predicted molar refractivity (Wildman–Crippen MR) is 46.2 cm³/mol. The molecule has 13 heavy (non-hydrogen) atoms. The topological polar surface area (TPSA) is 46.5 Å². The number of halogens is 1. The van der Waals surface area contributed by atoms with E-state index in [1.807, 2.05) is 0 Å². The molecular formula is C9H8FNO2. The molecule has 0 spiro atoms. The van der Waals surface area contributed by atoms with Gasteiger partial charge in [-0.2, -0.15) is 0 Å². The lowest BCUT2D eigenvalue weighted by Gasteiger charge is -1.99. The highest BCUT2D eigenvalue weighted by Crippen LogP contribution is 2.20. The summed E-state index contributed by atoms with van der Waals surface area (Å²) in [7, 11) is 0. The SMILES string of the molecule is CC(=O)Cc1ccc(F)cc1N=O. The summed E-state index contributed by atoms with van der Waals surface area (Å²) >= 11 is 0. The molecule has 1 rings (SSSR count). The van der Waals surface area contributed by atoms with Gasteiger partial charge in [0.05, 0.1) is 0 Å². The van der Waals surface area contributed by atoms with Crippen molar-refractivity contribution in [3.8, 4) is 0 Å². The van der Waals surface area contributed by atoms with Crippen LogP contribution in [0.15, 0.2) is 23.4 Å². The molecule has 0 aromatic heterocycles. The molecule has 0 saturated carbocycles. The van der Waals surface area contributed by atoms with Crippen LogP contribution in [-0.4, -0.2) is 5.78 Å². The van der Waals surface area contributed by atoms with Gasteiger partial charge in [0.2, 0.25) is 0 Å². The third-order valence-corrected chi connectivity index (χ3v) is 1.59. The number of nitrogens with zero attached hydrogens (tertiary/aromatic N) is 1. The number of hydrogen-bond donors (Lipinski definition) is 0. The van der Waals surface area contributed by atoms with E-state index in [9.17, 15) is 14.1 Å². The molecule has 0 aliphatic heterocycles. The lowest BCUT2D eigenvalue weighted by molar-refractivity contribution is -0.116. The fourth-order valence-electron chi connectivity index (χ4n) is 1.04. The first-order valence-electron chi connectivity index (χ1n) is 3.74. The van der Waals surface area contributed by atoms with Gasteiger partial charge in [-0.3, -0.25) is 4.79 Å². The summed E-state index contributed by atoms with van der Waals surface area (Å²) in [5, 5.41) is 2.64. The first kappa shape index (κ1) is 9.51. The maximum atomic E-state index is 12.6. The normalized spacial score (nSPS) is 9.69. The zero-order valence-corrected chi connectivity index (χ0v) is 7.08. The summed E-state index contributed by atoms with van der Waals surface area (Å²) < 4.78 is 12.6. The molecule has 1 aromatic rings. The second-order valence-corrected chi connectivity index (χ2v) is 2.74. The number of benzene rings is 1. The molecule has 0 aliphatic carbocycles. The molecule has 4 heteroatoms. The number of nitroso groups, excluding NO2 is 1. The Bertz CT molecular complexity index is 349. The van der Waals surface area contributed by atoms with Crippen molar-refractivity contribution in [2.24, 2.45) is 5.18 Å². The average Bonchev–Trinajstić information content (AvgIpc) is 2.07. The summed E-state index contributed by atoms with van der Waals surface area (Å²) in [6.07, 6.45) is 0.112. The lowest BCUT2D eigenvalue weighted by Crippen LogP contribution is -1.96. The summed E-state index contributed by atoms with van der Waals surface area (Å²) in [5.41, 5.74) is 0.458. The first-order chi connectivity index (χ1) is 6.13. The maximum Gasteiger partial charge on any atom is 0.134 e. The highest BCUT2D eigenvalue weighted by Gasteiger charge is 2.06. The standard InChI is InChI=1S/C9H8FNO2/c1-6(12)4-7-2-3-8(10)5-9(7)11-13/h2-3,5H,4H2,1H3. The Morgan fingerprint density at radius 2 is 2.23 bits per heavy atom. The fraction of sp³-hybridized carbons (Fsp3) is 0.222. The molecular weight excluding hydrogens is 173 g/mol. The number of carbonyl (C=O) groups excluding carboxylic acids is 1. The van der Waals surface area contributed by atoms with Crippen molar-refractivity contribution < 1.29 is 9.18 Å². The highest BCUT2D eigenvalue weighted by atomic mass is 19.1. The third kappa shape index (κ3) is 2.43. The van der Waals surface area contributed by atoms with Gasteiger partial charge in [0.1, 0.15) is 17.3 Å². The van der Waals surface area contributed by atoms with Crippen molar-refractivity contribution in [3.63, 3.8) is 0 Å². The zero-order chi connectivity index (χ0) is 9.84. The second kappa shape index (κ2) is 3.89. The van der Waals surface area contributed by atoms with Crippen LogP contribution in [0.5, 0.6) is 0 Å². The van der Waals surface area contributed by atoms with Crippen LogP contribution < -0.4 is 0 Å². The van der Waals surface area contributed by atoms with Gasteiger partial charge in [-0.05, 0) is 23.7 Å². The number of ketones is 1. The minimum Gasteiger partial charge on any atom is -0.300 e. The number of Topliss-reactive ketones (excluding diaryl/α,β-unsaturated/α-hetero) is 1. The van der Waals surface area contributed by atoms with Gasteiger partial charge in [-0.1, -0.05) is 6.07 Å². The second-order valence-electron chi connectivity index (χ2n) is 2.74. The lowest BCUT2D eigenvalue weighted by atomic mass is 10.1. The Kier molecular flexibility index (Phi) is 2.84. The van der Waals surface area contributed by atoms with Crippen LogP contribution in [-0.2, 0) is 11.2 Å². The zero-order valence-electron chi connectivity index (χ0n) is 7.08. The molecule has 3 nitrogen and oxygen atoms in total. The predicted octanol–water partition coefficient (Wildman–Crippen LogP) is 2.36. The molecule has 0 aliphatic rings.